The molecule has 2 N–H and O–H groups in total. The predicted molar refractivity (Wildman–Crippen MR) is 129 cm³/mol. The number of hydrogen-bond donors (Lipinski definition) is 2. The second-order valence-electron chi connectivity index (χ2n) is 8.00. The third kappa shape index (κ3) is 5.99. The van der Waals surface area contributed by atoms with Gasteiger partial charge in [0.05, 0.1) is 18.1 Å². The molecule has 0 spiro atoms. The monoisotopic (exact) mass is 482 g/mol. The summed E-state index contributed by atoms with van der Waals surface area (Å²) in [6.07, 6.45) is 0.732. The van der Waals surface area contributed by atoms with Gasteiger partial charge in [0.1, 0.15) is 5.75 Å². The molecule has 1 aliphatic heterocycles. The lowest BCUT2D eigenvalue weighted by Gasteiger charge is -2.12. The van der Waals surface area contributed by atoms with Crippen molar-refractivity contribution in [1.29, 1.82) is 0 Å². The van der Waals surface area contributed by atoms with E-state index in [1.807, 2.05) is 32.0 Å². The molecule has 9 heteroatoms. The van der Waals surface area contributed by atoms with Crippen LogP contribution in [0.3, 0.4) is 0 Å². The number of benzene rings is 3. The Labute approximate surface area is 198 Å². The van der Waals surface area contributed by atoms with E-state index in [-0.39, 0.29) is 17.4 Å². The number of ether oxygens (including phenoxy) is 3. The molecular weight excluding hydrogens is 456 g/mol. The van der Waals surface area contributed by atoms with Crippen molar-refractivity contribution >= 4 is 27.3 Å². The van der Waals surface area contributed by atoms with Crippen LogP contribution < -0.4 is 24.2 Å². The van der Waals surface area contributed by atoms with Crippen molar-refractivity contribution in [3.8, 4) is 17.2 Å². The van der Waals surface area contributed by atoms with Gasteiger partial charge in [0.25, 0.3) is 15.9 Å². The van der Waals surface area contributed by atoms with Crippen LogP contribution in [-0.2, 0) is 14.8 Å². The molecule has 0 aromatic heterocycles. The molecule has 1 heterocycles. The van der Waals surface area contributed by atoms with E-state index in [9.17, 15) is 13.2 Å². The van der Waals surface area contributed by atoms with Crippen molar-refractivity contribution in [1.82, 2.24) is 0 Å². The van der Waals surface area contributed by atoms with Gasteiger partial charge in [0.2, 0.25) is 0 Å². The van der Waals surface area contributed by atoms with Gasteiger partial charge in [0, 0.05) is 23.9 Å². The molecule has 0 aliphatic carbocycles. The molecule has 0 fully saturated rings. The van der Waals surface area contributed by atoms with E-state index in [4.69, 9.17) is 14.2 Å². The van der Waals surface area contributed by atoms with Crippen LogP contribution in [0.2, 0.25) is 0 Å². The highest BCUT2D eigenvalue weighted by Gasteiger charge is 2.19. The fourth-order valence-corrected chi connectivity index (χ4v) is 4.58. The van der Waals surface area contributed by atoms with Gasteiger partial charge in [0.15, 0.2) is 18.1 Å². The highest BCUT2D eigenvalue weighted by molar-refractivity contribution is 7.92. The molecule has 0 unspecified atom stereocenters. The molecule has 1 aliphatic rings. The lowest BCUT2D eigenvalue weighted by molar-refractivity contribution is -0.118. The molecule has 0 bridgehead atoms. The summed E-state index contributed by atoms with van der Waals surface area (Å²) < 4.78 is 44.8. The molecule has 0 saturated heterocycles. The van der Waals surface area contributed by atoms with Crippen LogP contribution in [0.1, 0.15) is 17.5 Å². The second kappa shape index (κ2) is 10.0. The van der Waals surface area contributed by atoms with Crippen LogP contribution in [0.5, 0.6) is 17.2 Å². The fraction of sp³-hybridized carbons (Fsp3) is 0.240. The van der Waals surface area contributed by atoms with Gasteiger partial charge < -0.3 is 19.5 Å². The highest BCUT2D eigenvalue weighted by atomic mass is 32.2. The fourth-order valence-electron chi connectivity index (χ4n) is 3.51. The maximum absolute atomic E-state index is 12.8. The Hall–Kier alpha value is -3.72. The number of rotatable bonds is 7. The Morgan fingerprint density at radius 3 is 2.24 bits per heavy atom. The average Bonchev–Trinajstić information content (AvgIpc) is 3.03. The van der Waals surface area contributed by atoms with E-state index < -0.39 is 10.0 Å². The Bertz CT molecular complexity index is 1270. The van der Waals surface area contributed by atoms with Gasteiger partial charge in [-0.3, -0.25) is 9.52 Å². The first-order chi connectivity index (χ1) is 16.3. The normalized spacial score (nSPS) is 13.0. The minimum absolute atomic E-state index is 0.0673. The Morgan fingerprint density at radius 2 is 1.53 bits per heavy atom. The first kappa shape index (κ1) is 23.4. The molecule has 3 aromatic rings. The highest BCUT2D eigenvalue weighted by Crippen LogP contribution is 2.32. The van der Waals surface area contributed by atoms with Crippen LogP contribution in [0.15, 0.2) is 65.6 Å². The maximum Gasteiger partial charge on any atom is 0.262 e. The minimum Gasteiger partial charge on any atom is -0.490 e. The molecule has 1 amide bonds. The molecule has 3 aromatic carbocycles. The van der Waals surface area contributed by atoms with E-state index >= 15 is 0 Å². The summed E-state index contributed by atoms with van der Waals surface area (Å²) in [5.74, 6) is 1.24. The van der Waals surface area contributed by atoms with E-state index in [0.717, 1.165) is 17.5 Å². The zero-order valence-electron chi connectivity index (χ0n) is 19.0. The van der Waals surface area contributed by atoms with E-state index in [1.165, 1.54) is 12.1 Å². The standard InChI is InChI=1S/C25H26N2O6S/c1-17-12-18(2)14-21(13-17)33-16-25(28)26-19-4-6-20(7-5-19)27-34(29,30)22-8-9-23-24(15-22)32-11-3-10-31-23/h4-9,12-15,27H,3,10-11,16H2,1-2H3,(H,26,28). The number of nitrogens with one attached hydrogen (secondary N) is 2. The summed E-state index contributed by atoms with van der Waals surface area (Å²) in [7, 11) is -3.83. The average molecular weight is 483 g/mol. The summed E-state index contributed by atoms with van der Waals surface area (Å²) in [5, 5.41) is 2.73. The lowest BCUT2D eigenvalue weighted by atomic mass is 10.1. The van der Waals surface area contributed by atoms with Gasteiger partial charge in [-0.25, -0.2) is 8.42 Å². The van der Waals surface area contributed by atoms with E-state index in [0.29, 0.717) is 41.8 Å². The van der Waals surface area contributed by atoms with Crippen molar-refractivity contribution < 1.29 is 27.4 Å². The Morgan fingerprint density at radius 1 is 0.882 bits per heavy atom. The van der Waals surface area contributed by atoms with Crippen molar-refractivity contribution in [3.05, 3.63) is 71.8 Å². The van der Waals surface area contributed by atoms with Crippen molar-refractivity contribution in [2.45, 2.75) is 25.2 Å². The van der Waals surface area contributed by atoms with Crippen LogP contribution in [0, 0.1) is 13.8 Å². The number of carbonyl (C=O) groups is 1. The largest absolute Gasteiger partial charge is 0.490 e. The summed E-state index contributed by atoms with van der Waals surface area (Å²) in [4.78, 5) is 12.3. The Kier molecular flexibility index (Phi) is 6.93. The van der Waals surface area contributed by atoms with Gasteiger partial charge >= 0.3 is 0 Å². The summed E-state index contributed by atoms with van der Waals surface area (Å²) in [6, 6.07) is 16.6. The summed E-state index contributed by atoms with van der Waals surface area (Å²) in [5.41, 5.74) is 2.99. The lowest BCUT2D eigenvalue weighted by Crippen LogP contribution is -2.20. The topological polar surface area (TPSA) is 103 Å². The molecule has 4 rings (SSSR count). The molecular formula is C25H26N2O6S. The van der Waals surface area contributed by atoms with Crippen LogP contribution in [-0.4, -0.2) is 34.1 Å². The molecule has 8 nitrogen and oxygen atoms in total. The Balaban J connectivity index is 1.35. The minimum atomic E-state index is -3.83. The molecule has 0 saturated carbocycles. The van der Waals surface area contributed by atoms with Gasteiger partial charge in [-0.15, -0.1) is 0 Å². The molecule has 0 radical (unpaired) electrons. The zero-order chi connectivity index (χ0) is 24.1. The molecule has 0 atom stereocenters. The van der Waals surface area contributed by atoms with Crippen LogP contribution >= 0.6 is 0 Å². The maximum atomic E-state index is 12.8. The van der Waals surface area contributed by atoms with Gasteiger partial charge in [-0.05, 0) is 73.5 Å². The third-order valence-electron chi connectivity index (χ3n) is 5.02. The summed E-state index contributed by atoms with van der Waals surface area (Å²) in [6.45, 7) is 4.78. The SMILES string of the molecule is Cc1cc(C)cc(OCC(=O)Nc2ccc(NS(=O)(=O)c3ccc4c(c3)OCCCO4)cc2)c1. The van der Waals surface area contributed by atoms with Gasteiger partial charge in [-0.2, -0.15) is 0 Å². The quantitative estimate of drug-likeness (QED) is 0.521. The number of aryl methyl sites for hydroxylation is 2. The smallest absolute Gasteiger partial charge is 0.262 e. The van der Waals surface area contributed by atoms with E-state index in [2.05, 4.69) is 10.0 Å². The van der Waals surface area contributed by atoms with Crippen molar-refractivity contribution in [2.24, 2.45) is 0 Å². The number of anilines is 2. The van der Waals surface area contributed by atoms with Crippen LogP contribution in [0.4, 0.5) is 11.4 Å². The first-order valence-corrected chi connectivity index (χ1v) is 12.3. The third-order valence-corrected chi connectivity index (χ3v) is 6.39. The number of fused-ring (bicyclic) bond motifs is 1. The van der Waals surface area contributed by atoms with E-state index in [1.54, 1.807) is 30.3 Å². The second-order valence-corrected chi connectivity index (χ2v) is 9.68. The zero-order valence-corrected chi connectivity index (χ0v) is 19.8. The van der Waals surface area contributed by atoms with Gasteiger partial charge in [-0.1, -0.05) is 6.07 Å². The first-order valence-electron chi connectivity index (χ1n) is 10.8. The molecule has 178 valence electrons. The van der Waals surface area contributed by atoms with Crippen molar-refractivity contribution in [3.63, 3.8) is 0 Å². The number of sulfonamides is 1. The van der Waals surface area contributed by atoms with Crippen LogP contribution in [0.25, 0.3) is 0 Å². The number of carbonyl (C=O) groups excluding carboxylic acids is 1. The van der Waals surface area contributed by atoms with Crippen molar-refractivity contribution in [2.75, 3.05) is 29.9 Å². The molecule has 34 heavy (non-hydrogen) atoms. The predicted octanol–water partition coefficient (Wildman–Crippen LogP) is 4.28. The summed E-state index contributed by atoms with van der Waals surface area (Å²) >= 11 is 0. The number of hydrogen-bond acceptors (Lipinski definition) is 6. The number of amides is 1.